The fourth-order valence-electron chi connectivity index (χ4n) is 1.34. The van der Waals surface area contributed by atoms with Crippen molar-refractivity contribution in [1.29, 1.82) is 0 Å². The van der Waals surface area contributed by atoms with E-state index in [9.17, 15) is 8.42 Å². The molecule has 6 heteroatoms. The van der Waals surface area contributed by atoms with Crippen LogP contribution in [0.4, 0.5) is 0 Å². The predicted molar refractivity (Wildman–Crippen MR) is 46.6 cm³/mol. The fraction of sp³-hybridized carbons (Fsp3) is 0.571. The van der Waals surface area contributed by atoms with E-state index in [1.807, 2.05) is 0 Å². The summed E-state index contributed by atoms with van der Waals surface area (Å²) in [5, 5.41) is 9.15. The molecule has 1 heterocycles. The molecule has 1 aromatic heterocycles. The van der Waals surface area contributed by atoms with Crippen molar-refractivity contribution in [3.8, 4) is 0 Å². The van der Waals surface area contributed by atoms with Gasteiger partial charge in [0.05, 0.1) is 5.69 Å². The summed E-state index contributed by atoms with van der Waals surface area (Å²) in [5.74, 6) is 0.300. The third-order valence-electron chi connectivity index (χ3n) is 2.09. The van der Waals surface area contributed by atoms with E-state index in [1.54, 1.807) is 7.05 Å². The zero-order valence-electron chi connectivity index (χ0n) is 7.27. The van der Waals surface area contributed by atoms with Crippen LogP contribution in [0, 0.1) is 0 Å². The number of aromatic nitrogens is 2. The van der Waals surface area contributed by atoms with Gasteiger partial charge in [-0.05, 0) is 12.8 Å². The molecule has 0 aromatic carbocycles. The van der Waals surface area contributed by atoms with E-state index in [0.29, 0.717) is 11.6 Å². The minimum absolute atomic E-state index is 0.178. The summed E-state index contributed by atoms with van der Waals surface area (Å²) < 4.78 is 23.7. The van der Waals surface area contributed by atoms with E-state index < -0.39 is 10.0 Å². The van der Waals surface area contributed by atoms with Crippen LogP contribution in [0.25, 0.3) is 0 Å². The van der Waals surface area contributed by atoms with Crippen molar-refractivity contribution >= 4 is 10.0 Å². The molecule has 72 valence electrons. The average Bonchev–Trinajstić information content (AvgIpc) is 2.73. The number of nitrogens with zero attached hydrogens (tertiary/aromatic N) is 2. The Balaban J connectivity index is 2.55. The van der Waals surface area contributed by atoms with Gasteiger partial charge < -0.3 is 0 Å². The second-order valence-electron chi connectivity index (χ2n) is 3.37. The maximum Gasteiger partial charge on any atom is 0.241 e. The number of hydrogen-bond acceptors (Lipinski definition) is 3. The van der Waals surface area contributed by atoms with Gasteiger partial charge in [0.15, 0.2) is 0 Å². The SMILES string of the molecule is Cn1cc(S(N)(=O)=O)c(C2CC2)n1. The first-order valence-electron chi connectivity index (χ1n) is 4.05. The lowest BCUT2D eigenvalue weighted by Gasteiger charge is -1.95. The molecule has 0 saturated heterocycles. The highest BCUT2D eigenvalue weighted by Crippen LogP contribution is 2.41. The molecule has 1 saturated carbocycles. The average molecular weight is 201 g/mol. The summed E-state index contributed by atoms with van der Waals surface area (Å²) in [6.45, 7) is 0. The van der Waals surface area contributed by atoms with Gasteiger partial charge >= 0.3 is 0 Å². The first-order chi connectivity index (χ1) is 5.98. The summed E-state index contributed by atoms with van der Waals surface area (Å²) in [6.07, 6.45) is 3.49. The molecule has 0 unspecified atom stereocenters. The van der Waals surface area contributed by atoms with E-state index >= 15 is 0 Å². The number of sulfonamides is 1. The molecule has 0 atom stereocenters. The van der Waals surface area contributed by atoms with Crippen LogP contribution in [0.2, 0.25) is 0 Å². The Morgan fingerprint density at radius 3 is 2.69 bits per heavy atom. The Morgan fingerprint density at radius 1 is 1.62 bits per heavy atom. The molecule has 13 heavy (non-hydrogen) atoms. The van der Waals surface area contributed by atoms with Crippen molar-refractivity contribution in [1.82, 2.24) is 9.78 Å². The van der Waals surface area contributed by atoms with E-state index in [4.69, 9.17) is 5.14 Å². The Labute approximate surface area is 76.6 Å². The lowest BCUT2D eigenvalue weighted by atomic mass is 10.3. The summed E-state index contributed by atoms with van der Waals surface area (Å²) in [7, 11) is -1.91. The number of hydrogen-bond donors (Lipinski definition) is 1. The molecular formula is C7H11N3O2S. The molecule has 0 aliphatic heterocycles. The van der Waals surface area contributed by atoms with Crippen LogP contribution in [0.5, 0.6) is 0 Å². The highest BCUT2D eigenvalue weighted by atomic mass is 32.2. The maximum atomic E-state index is 11.1. The maximum absolute atomic E-state index is 11.1. The lowest BCUT2D eigenvalue weighted by Crippen LogP contribution is -2.13. The molecule has 5 nitrogen and oxygen atoms in total. The number of nitrogens with two attached hydrogens (primary N) is 1. The van der Waals surface area contributed by atoms with Gasteiger partial charge in [0.2, 0.25) is 10.0 Å². The molecule has 0 bridgehead atoms. The molecule has 0 amide bonds. The molecule has 2 N–H and O–H groups in total. The van der Waals surface area contributed by atoms with Gasteiger partial charge in [0, 0.05) is 19.2 Å². The summed E-state index contributed by atoms with van der Waals surface area (Å²) in [5.41, 5.74) is 0.630. The normalized spacial score (nSPS) is 17.7. The molecule has 0 radical (unpaired) electrons. The summed E-state index contributed by atoms with van der Waals surface area (Å²) in [6, 6.07) is 0. The molecule has 0 spiro atoms. The van der Waals surface area contributed by atoms with Gasteiger partial charge in [0.1, 0.15) is 4.90 Å². The monoisotopic (exact) mass is 201 g/mol. The van der Waals surface area contributed by atoms with E-state index in [0.717, 1.165) is 12.8 Å². The van der Waals surface area contributed by atoms with Gasteiger partial charge in [-0.1, -0.05) is 0 Å². The van der Waals surface area contributed by atoms with Gasteiger partial charge in [-0.25, -0.2) is 13.6 Å². The highest BCUT2D eigenvalue weighted by molar-refractivity contribution is 7.89. The van der Waals surface area contributed by atoms with Gasteiger partial charge in [-0.15, -0.1) is 0 Å². The second-order valence-corrected chi connectivity index (χ2v) is 4.90. The summed E-state index contributed by atoms with van der Waals surface area (Å²) >= 11 is 0. The van der Waals surface area contributed by atoms with Crippen molar-refractivity contribution in [3.63, 3.8) is 0 Å². The molecule has 1 aliphatic rings. The predicted octanol–water partition coefficient (Wildman–Crippen LogP) is -0.0551. The third-order valence-corrected chi connectivity index (χ3v) is 3.02. The van der Waals surface area contributed by atoms with Crippen molar-refractivity contribution in [3.05, 3.63) is 11.9 Å². The molecular weight excluding hydrogens is 190 g/mol. The Morgan fingerprint density at radius 2 is 2.23 bits per heavy atom. The largest absolute Gasteiger partial charge is 0.274 e. The van der Waals surface area contributed by atoms with Crippen LogP contribution >= 0.6 is 0 Å². The Kier molecular flexibility index (Phi) is 1.71. The van der Waals surface area contributed by atoms with Crippen molar-refractivity contribution < 1.29 is 8.42 Å². The van der Waals surface area contributed by atoms with Crippen LogP contribution < -0.4 is 5.14 Å². The smallest absolute Gasteiger partial charge is 0.241 e. The van der Waals surface area contributed by atoms with Gasteiger partial charge in [-0.2, -0.15) is 5.10 Å². The second kappa shape index (κ2) is 2.55. The first kappa shape index (κ1) is 8.71. The lowest BCUT2D eigenvalue weighted by molar-refractivity contribution is 0.596. The standard InChI is InChI=1S/C7H11N3O2S/c1-10-4-6(13(8,11)12)7(9-10)5-2-3-5/h4-5H,2-3H2,1H3,(H2,8,11,12). The fourth-order valence-corrected chi connectivity index (χ4v) is 2.14. The number of rotatable bonds is 2. The summed E-state index contributed by atoms with van der Waals surface area (Å²) in [4.78, 5) is 0.178. The van der Waals surface area contributed by atoms with E-state index in [1.165, 1.54) is 10.9 Å². The Hall–Kier alpha value is -0.880. The van der Waals surface area contributed by atoms with Crippen molar-refractivity contribution in [2.24, 2.45) is 12.2 Å². The quantitative estimate of drug-likeness (QED) is 0.728. The van der Waals surface area contributed by atoms with Gasteiger partial charge in [0.25, 0.3) is 0 Å². The Bertz CT molecular complexity index is 431. The highest BCUT2D eigenvalue weighted by Gasteiger charge is 2.32. The van der Waals surface area contributed by atoms with Crippen molar-refractivity contribution in [2.75, 3.05) is 0 Å². The van der Waals surface area contributed by atoms with E-state index in [-0.39, 0.29) is 4.90 Å². The van der Waals surface area contributed by atoms with Crippen LogP contribution in [0.3, 0.4) is 0 Å². The van der Waals surface area contributed by atoms with Crippen LogP contribution in [0.1, 0.15) is 24.5 Å². The van der Waals surface area contributed by atoms with Crippen LogP contribution in [-0.2, 0) is 17.1 Å². The zero-order chi connectivity index (χ0) is 9.64. The minimum Gasteiger partial charge on any atom is -0.274 e. The molecule has 1 fully saturated rings. The van der Waals surface area contributed by atoms with E-state index in [2.05, 4.69) is 5.10 Å². The van der Waals surface area contributed by atoms with Gasteiger partial charge in [-0.3, -0.25) is 4.68 Å². The molecule has 2 rings (SSSR count). The first-order valence-corrected chi connectivity index (χ1v) is 5.59. The topological polar surface area (TPSA) is 78.0 Å². The molecule has 1 aromatic rings. The number of aryl methyl sites for hydroxylation is 1. The number of primary sulfonamides is 1. The van der Waals surface area contributed by atoms with Crippen molar-refractivity contribution in [2.45, 2.75) is 23.7 Å². The van der Waals surface area contributed by atoms with Crippen LogP contribution in [-0.4, -0.2) is 18.2 Å². The third kappa shape index (κ3) is 1.59. The molecule has 1 aliphatic carbocycles. The minimum atomic E-state index is -3.60. The zero-order valence-corrected chi connectivity index (χ0v) is 8.08. The van der Waals surface area contributed by atoms with Crippen LogP contribution in [0.15, 0.2) is 11.1 Å².